The van der Waals surface area contributed by atoms with Gasteiger partial charge in [0.05, 0.1) is 5.56 Å². The van der Waals surface area contributed by atoms with E-state index in [1.165, 1.54) is 0 Å². The summed E-state index contributed by atoms with van der Waals surface area (Å²) >= 11 is 0. The Kier molecular flexibility index (Phi) is 4.66. The molecule has 0 radical (unpaired) electrons. The average Bonchev–Trinajstić information content (AvgIpc) is 2.90. The molecule has 1 amide bonds. The van der Waals surface area contributed by atoms with Crippen molar-refractivity contribution in [1.29, 1.82) is 0 Å². The number of fused-ring (bicyclic) bond motifs is 1. The Morgan fingerprint density at radius 2 is 2.00 bits per heavy atom. The highest BCUT2D eigenvalue weighted by Crippen LogP contribution is 2.36. The lowest BCUT2D eigenvalue weighted by atomic mass is 10.0. The molecule has 0 aromatic heterocycles. The first-order chi connectivity index (χ1) is 12.0. The summed E-state index contributed by atoms with van der Waals surface area (Å²) in [5.74, 6) is 0.360. The normalized spacial score (nSPS) is 14.6. The molecule has 0 saturated carbocycles. The minimum Gasteiger partial charge on any atom is -0.484 e. The molecule has 2 N–H and O–H groups in total. The molecule has 0 saturated heterocycles. The van der Waals surface area contributed by atoms with Gasteiger partial charge in [-0.05, 0) is 30.2 Å². The first-order valence-electron chi connectivity index (χ1n) is 7.76. The van der Waals surface area contributed by atoms with Crippen molar-refractivity contribution in [2.75, 3.05) is 6.61 Å². The minimum absolute atomic E-state index is 0.174. The number of allylic oxidation sites excluding steroid dienone is 3. The van der Waals surface area contributed by atoms with Crippen LogP contribution in [-0.4, -0.2) is 18.3 Å². The number of Topliss-reactive ketones (excluding diaryl/α,β-unsaturated/α-hetero) is 1. The third kappa shape index (κ3) is 3.77. The van der Waals surface area contributed by atoms with Crippen LogP contribution in [0, 0.1) is 6.92 Å². The smallest absolute Gasteiger partial charge is 0.255 e. The van der Waals surface area contributed by atoms with Crippen molar-refractivity contribution >= 4 is 17.8 Å². The summed E-state index contributed by atoms with van der Waals surface area (Å²) in [7, 11) is 0. The molecule has 2 aromatic rings. The van der Waals surface area contributed by atoms with Crippen LogP contribution in [0.4, 0.5) is 0 Å². The number of benzene rings is 2. The van der Waals surface area contributed by atoms with Gasteiger partial charge >= 0.3 is 0 Å². The van der Waals surface area contributed by atoms with Crippen LogP contribution in [0.25, 0.3) is 6.08 Å². The van der Waals surface area contributed by atoms with E-state index in [0.29, 0.717) is 17.1 Å². The Bertz CT molecular complexity index is 882. The molecule has 2 aromatic carbocycles. The van der Waals surface area contributed by atoms with E-state index in [9.17, 15) is 9.59 Å². The summed E-state index contributed by atoms with van der Waals surface area (Å²) in [5.41, 5.74) is 7.33. The number of hydrogen-bond acceptors (Lipinski definition) is 4. The third-order valence-corrected chi connectivity index (χ3v) is 3.66. The monoisotopic (exact) mass is 335 g/mol. The van der Waals surface area contributed by atoms with Gasteiger partial charge in [0.1, 0.15) is 11.5 Å². The molecule has 0 aliphatic carbocycles. The zero-order valence-corrected chi connectivity index (χ0v) is 13.7. The summed E-state index contributed by atoms with van der Waals surface area (Å²) in [6.07, 6.45) is 5.30. The number of ether oxygens (including phenoxy) is 2. The summed E-state index contributed by atoms with van der Waals surface area (Å²) in [6, 6.07) is 13.0. The number of hydrogen-bond donors (Lipinski definition) is 1. The van der Waals surface area contributed by atoms with E-state index in [1.807, 2.05) is 36.4 Å². The Balaban J connectivity index is 1.80. The fraction of sp³-hybridized carbons (Fsp3) is 0.100. The predicted octanol–water partition coefficient (Wildman–Crippen LogP) is 3.03. The van der Waals surface area contributed by atoms with E-state index < -0.39 is 5.91 Å². The van der Waals surface area contributed by atoms with Crippen LogP contribution >= 0.6 is 0 Å². The van der Waals surface area contributed by atoms with Gasteiger partial charge in [0.15, 0.2) is 12.4 Å². The van der Waals surface area contributed by atoms with Crippen molar-refractivity contribution in [2.24, 2.45) is 5.73 Å². The summed E-state index contributed by atoms with van der Waals surface area (Å²) in [5, 5.41) is 0. The van der Waals surface area contributed by atoms with Crippen molar-refractivity contribution in [3.63, 3.8) is 0 Å². The van der Waals surface area contributed by atoms with Gasteiger partial charge in [-0.25, -0.2) is 0 Å². The van der Waals surface area contributed by atoms with Crippen molar-refractivity contribution in [1.82, 2.24) is 0 Å². The van der Waals surface area contributed by atoms with Gasteiger partial charge in [-0.1, -0.05) is 42.5 Å². The molecule has 0 fully saturated rings. The number of rotatable bonds is 5. The minimum atomic E-state index is -0.568. The van der Waals surface area contributed by atoms with Crippen LogP contribution in [0.15, 0.2) is 60.4 Å². The van der Waals surface area contributed by atoms with Crippen molar-refractivity contribution in [3.8, 4) is 11.5 Å². The molecule has 0 unspecified atom stereocenters. The largest absolute Gasteiger partial charge is 0.484 e. The number of nitrogens with two attached hydrogens (primary N) is 1. The Morgan fingerprint density at radius 3 is 2.72 bits per heavy atom. The van der Waals surface area contributed by atoms with Gasteiger partial charge in [0.25, 0.3) is 5.91 Å². The van der Waals surface area contributed by atoms with Gasteiger partial charge in [0.2, 0.25) is 5.78 Å². The summed E-state index contributed by atoms with van der Waals surface area (Å²) in [4.78, 5) is 23.3. The predicted molar refractivity (Wildman–Crippen MR) is 94.4 cm³/mol. The van der Waals surface area contributed by atoms with Crippen molar-refractivity contribution in [2.45, 2.75) is 6.92 Å². The van der Waals surface area contributed by atoms with Crippen LogP contribution in [0.2, 0.25) is 0 Å². The van der Waals surface area contributed by atoms with Crippen LogP contribution in [0.5, 0.6) is 11.5 Å². The summed E-state index contributed by atoms with van der Waals surface area (Å²) < 4.78 is 10.9. The Hall–Kier alpha value is -3.34. The Labute approximate surface area is 145 Å². The molecule has 25 heavy (non-hydrogen) atoms. The number of ketones is 1. The second kappa shape index (κ2) is 7.05. The fourth-order valence-corrected chi connectivity index (χ4v) is 2.54. The van der Waals surface area contributed by atoms with Gasteiger partial charge in [0, 0.05) is 6.07 Å². The topological polar surface area (TPSA) is 78.6 Å². The number of amides is 1. The molecule has 0 atom stereocenters. The van der Waals surface area contributed by atoms with E-state index in [1.54, 1.807) is 31.2 Å². The first-order valence-corrected chi connectivity index (χ1v) is 7.76. The highest BCUT2D eigenvalue weighted by Gasteiger charge is 2.29. The van der Waals surface area contributed by atoms with Crippen molar-refractivity contribution < 1.29 is 19.1 Å². The molecule has 5 nitrogen and oxygen atoms in total. The number of aryl methyl sites for hydroxylation is 1. The van der Waals surface area contributed by atoms with E-state index in [0.717, 1.165) is 11.1 Å². The van der Waals surface area contributed by atoms with Gasteiger partial charge in [-0.3, -0.25) is 9.59 Å². The Morgan fingerprint density at radius 1 is 1.24 bits per heavy atom. The van der Waals surface area contributed by atoms with E-state index in [-0.39, 0.29) is 18.1 Å². The molecular weight excluding hydrogens is 318 g/mol. The summed E-state index contributed by atoms with van der Waals surface area (Å²) in [6.45, 7) is 1.56. The molecule has 0 spiro atoms. The molecule has 3 rings (SSSR count). The standard InChI is InChI=1S/C20H17NO4/c1-13-10-15(24-12-18(21)22)11-17-19(13)20(23)16(25-17)9-5-8-14-6-3-2-4-7-14/h2-11H,12H2,1H3,(H2,21,22)/b8-5+,16-9-. The lowest BCUT2D eigenvalue weighted by Crippen LogP contribution is -2.20. The second-order valence-corrected chi connectivity index (χ2v) is 5.60. The molecule has 1 heterocycles. The van der Waals surface area contributed by atoms with Crippen LogP contribution in [0.3, 0.4) is 0 Å². The highest BCUT2D eigenvalue weighted by atomic mass is 16.5. The van der Waals surface area contributed by atoms with Crippen molar-refractivity contribution in [3.05, 3.63) is 77.1 Å². The van der Waals surface area contributed by atoms with E-state index in [4.69, 9.17) is 15.2 Å². The maximum atomic E-state index is 12.5. The van der Waals surface area contributed by atoms with E-state index >= 15 is 0 Å². The van der Waals surface area contributed by atoms with Gasteiger partial charge in [-0.15, -0.1) is 0 Å². The fourth-order valence-electron chi connectivity index (χ4n) is 2.54. The number of primary amides is 1. The number of carbonyl (C=O) groups is 2. The zero-order valence-electron chi connectivity index (χ0n) is 13.7. The highest BCUT2D eigenvalue weighted by molar-refractivity contribution is 6.13. The number of carbonyl (C=O) groups excluding carboxylic acids is 2. The average molecular weight is 335 g/mol. The molecular formula is C20H17NO4. The van der Waals surface area contributed by atoms with Crippen LogP contribution in [0.1, 0.15) is 21.5 Å². The molecule has 1 aliphatic heterocycles. The maximum absolute atomic E-state index is 12.5. The molecule has 126 valence electrons. The lowest BCUT2D eigenvalue weighted by Gasteiger charge is -2.07. The molecule has 0 bridgehead atoms. The molecule has 5 heteroatoms. The quantitative estimate of drug-likeness (QED) is 0.852. The molecule has 1 aliphatic rings. The van der Waals surface area contributed by atoms with Crippen LogP contribution < -0.4 is 15.2 Å². The lowest BCUT2D eigenvalue weighted by molar-refractivity contribution is -0.119. The van der Waals surface area contributed by atoms with E-state index in [2.05, 4.69) is 0 Å². The first kappa shape index (κ1) is 16.5. The maximum Gasteiger partial charge on any atom is 0.255 e. The second-order valence-electron chi connectivity index (χ2n) is 5.60. The SMILES string of the molecule is Cc1cc(OCC(N)=O)cc2c1C(=O)/C(=C/C=C/c1ccccc1)O2. The third-order valence-electron chi connectivity index (χ3n) is 3.66. The zero-order chi connectivity index (χ0) is 17.8. The van der Waals surface area contributed by atoms with Crippen LogP contribution in [-0.2, 0) is 4.79 Å². The van der Waals surface area contributed by atoms with Gasteiger partial charge in [-0.2, -0.15) is 0 Å². The van der Waals surface area contributed by atoms with Gasteiger partial charge < -0.3 is 15.2 Å².